The molecule has 182 valence electrons. The van der Waals surface area contributed by atoms with Crippen molar-refractivity contribution in [3.63, 3.8) is 0 Å². The first-order valence-corrected chi connectivity index (χ1v) is 13.2. The lowest BCUT2D eigenvalue weighted by Crippen LogP contribution is -2.61. The SMILES string of the molecule is O=C1NC2CC(c3c(Cl)cccc3OCc3cscn3)CCC2C(=O)N1c1cncc2ccccc12. The van der Waals surface area contributed by atoms with E-state index >= 15 is 0 Å². The molecule has 0 radical (unpaired) electrons. The highest BCUT2D eigenvalue weighted by molar-refractivity contribution is 7.07. The molecule has 7 nitrogen and oxygen atoms in total. The van der Waals surface area contributed by atoms with E-state index < -0.39 is 6.03 Å². The van der Waals surface area contributed by atoms with E-state index in [0.717, 1.165) is 34.2 Å². The van der Waals surface area contributed by atoms with Crippen molar-refractivity contribution < 1.29 is 14.3 Å². The number of fused-ring (bicyclic) bond motifs is 2. The normalized spacial score (nSPS) is 21.8. The molecule has 0 bridgehead atoms. The zero-order valence-electron chi connectivity index (χ0n) is 19.3. The van der Waals surface area contributed by atoms with Crippen LogP contribution in [0.25, 0.3) is 10.8 Å². The molecule has 2 aliphatic rings. The van der Waals surface area contributed by atoms with Crippen LogP contribution in [0.5, 0.6) is 5.75 Å². The summed E-state index contributed by atoms with van der Waals surface area (Å²) in [6, 6.07) is 12.6. The fraction of sp³-hybridized carbons (Fsp3) is 0.259. The van der Waals surface area contributed by atoms with Gasteiger partial charge in [-0.05, 0) is 37.3 Å². The molecule has 3 amide bonds. The Morgan fingerprint density at radius 3 is 2.86 bits per heavy atom. The van der Waals surface area contributed by atoms with Gasteiger partial charge in [0, 0.05) is 39.0 Å². The van der Waals surface area contributed by atoms with Crippen LogP contribution in [0.4, 0.5) is 10.5 Å². The van der Waals surface area contributed by atoms with Crippen molar-refractivity contribution in [2.45, 2.75) is 37.8 Å². The Morgan fingerprint density at radius 1 is 1.11 bits per heavy atom. The molecule has 2 aromatic carbocycles. The smallest absolute Gasteiger partial charge is 0.329 e. The number of rotatable bonds is 5. The molecule has 1 N–H and O–H groups in total. The number of thiazole rings is 1. The van der Waals surface area contributed by atoms with Gasteiger partial charge in [-0.15, -0.1) is 11.3 Å². The molecule has 1 aliphatic carbocycles. The molecule has 3 heterocycles. The number of ether oxygens (including phenoxy) is 1. The fourth-order valence-corrected chi connectivity index (χ4v) is 6.25. The van der Waals surface area contributed by atoms with Gasteiger partial charge in [0.15, 0.2) is 0 Å². The molecule has 3 atom stereocenters. The summed E-state index contributed by atoms with van der Waals surface area (Å²) in [6.07, 6.45) is 5.33. The average Bonchev–Trinajstić information content (AvgIpc) is 3.41. The predicted molar refractivity (Wildman–Crippen MR) is 140 cm³/mol. The zero-order valence-corrected chi connectivity index (χ0v) is 20.8. The van der Waals surface area contributed by atoms with Crippen LogP contribution in [-0.2, 0) is 11.4 Å². The Balaban J connectivity index is 1.24. The number of benzene rings is 2. The van der Waals surface area contributed by atoms with E-state index in [9.17, 15) is 9.59 Å². The summed E-state index contributed by atoms with van der Waals surface area (Å²) >= 11 is 8.18. The van der Waals surface area contributed by atoms with E-state index in [2.05, 4.69) is 15.3 Å². The average molecular weight is 519 g/mol. The monoisotopic (exact) mass is 518 g/mol. The third-order valence-corrected chi connectivity index (χ3v) is 8.03. The number of halogens is 1. The molecule has 4 aromatic rings. The molecular weight excluding hydrogens is 496 g/mol. The van der Waals surface area contributed by atoms with Gasteiger partial charge in [0.2, 0.25) is 5.91 Å². The van der Waals surface area contributed by atoms with Crippen LogP contribution < -0.4 is 15.0 Å². The summed E-state index contributed by atoms with van der Waals surface area (Å²) in [7, 11) is 0. The summed E-state index contributed by atoms with van der Waals surface area (Å²) in [5.41, 5.74) is 4.08. The maximum atomic E-state index is 13.6. The van der Waals surface area contributed by atoms with Crippen LogP contribution in [0, 0.1) is 5.92 Å². The van der Waals surface area contributed by atoms with Crippen LogP contribution in [-0.4, -0.2) is 27.9 Å². The van der Waals surface area contributed by atoms with Crippen LogP contribution in [0.15, 0.2) is 65.7 Å². The van der Waals surface area contributed by atoms with Gasteiger partial charge in [-0.25, -0.2) is 14.7 Å². The topological polar surface area (TPSA) is 84.4 Å². The summed E-state index contributed by atoms with van der Waals surface area (Å²) in [5, 5.41) is 7.39. The first kappa shape index (κ1) is 22.9. The van der Waals surface area contributed by atoms with Gasteiger partial charge >= 0.3 is 6.03 Å². The Kier molecular flexibility index (Phi) is 6.07. The number of nitrogens with one attached hydrogen (secondary N) is 1. The van der Waals surface area contributed by atoms with E-state index in [0.29, 0.717) is 30.2 Å². The molecule has 1 saturated heterocycles. The van der Waals surface area contributed by atoms with Crippen LogP contribution >= 0.6 is 22.9 Å². The van der Waals surface area contributed by atoms with Crippen LogP contribution in [0.1, 0.15) is 36.4 Å². The van der Waals surface area contributed by atoms with Gasteiger partial charge in [-0.2, -0.15) is 0 Å². The number of urea groups is 1. The number of imide groups is 1. The van der Waals surface area contributed by atoms with Crippen molar-refractivity contribution >= 4 is 51.3 Å². The van der Waals surface area contributed by atoms with Crippen molar-refractivity contribution in [1.82, 2.24) is 15.3 Å². The highest BCUT2D eigenvalue weighted by Gasteiger charge is 2.46. The Bertz CT molecular complexity index is 1440. The van der Waals surface area contributed by atoms with Crippen LogP contribution in [0.3, 0.4) is 0 Å². The van der Waals surface area contributed by atoms with Gasteiger partial charge in [0.1, 0.15) is 12.4 Å². The Morgan fingerprint density at radius 2 is 2.00 bits per heavy atom. The summed E-state index contributed by atoms with van der Waals surface area (Å²) < 4.78 is 6.10. The number of hydrogen-bond donors (Lipinski definition) is 1. The number of carbonyl (C=O) groups excluding carboxylic acids is 2. The second-order valence-electron chi connectivity index (χ2n) is 9.15. The van der Waals surface area contributed by atoms with E-state index in [1.54, 1.807) is 17.9 Å². The molecule has 1 aliphatic heterocycles. The molecule has 6 rings (SSSR count). The highest BCUT2D eigenvalue weighted by Crippen LogP contribution is 2.45. The minimum atomic E-state index is -0.417. The number of amides is 3. The van der Waals surface area contributed by atoms with Crippen molar-refractivity contribution in [3.8, 4) is 5.75 Å². The second kappa shape index (κ2) is 9.52. The van der Waals surface area contributed by atoms with Gasteiger partial charge < -0.3 is 10.1 Å². The first-order chi connectivity index (χ1) is 17.6. The van der Waals surface area contributed by atoms with E-state index in [4.69, 9.17) is 16.3 Å². The van der Waals surface area contributed by atoms with Gasteiger partial charge in [-0.3, -0.25) is 9.78 Å². The number of pyridine rings is 1. The van der Waals surface area contributed by atoms with E-state index in [1.807, 2.05) is 47.8 Å². The summed E-state index contributed by atoms with van der Waals surface area (Å²) in [4.78, 5) is 36.6. The minimum Gasteiger partial charge on any atom is -0.487 e. The lowest BCUT2D eigenvalue weighted by atomic mass is 9.74. The number of aromatic nitrogens is 2. The highest BCUT2D eigenvalue weighted by atomic mass is 35.5. The molecule has 3 unspecified atom stereocenters. The van der Waals surface area contributed by atoms with Gasteiger partial charge in [0.05, 0.1) is 29.0 Å². The predicted octanol–water partition coefficient (Wildman–Crippen LogP) is 5.93. The van der Waals surface area contributed by atoms with Crippen LogP contribution in [0.2, 0.25) is 5.02 Å². The van der Waals surface area contributed by atoms with E-state index in [-0.39, 0.29) is 23.8 Å². The molecule has 9 heteroatoms. The second-order valence-corrected chi connectivity index (χ2v) is 10.3. The molecule has 36 heavy (non-hydrogen) atoms. The number of nitrogens with zero attached hydrogens (tertiary/aromatic N) is 3. The maximum absolute atomic E-state index is 13.6. The standard InChI is InChI=1S/C27H23ClN4O3S/c28-21-6-3-7-24(35-13-18-14-36-15-30-18)25(21)16-8-9-20-22(10-16)31-27(34)32(26(20)33)23-12-29-11-17-4-1-2-5-19(17)23/h1-7,11-12,14-16,20,22H,8-10,13H2,(H,31,34). The zero-order chi connectivity index (χ0) is 24.6. The van der Waals surface area contributed by atoms with Gasteiger partial charge in [-0.1, -0.05) is 41.9 Å². The Labute approximate surface area is 217 Å². The third kappa shape index (κ3) is 4.10. The largest absolute Gasteiger partial charge is 0.487 e. The number of anilines is 1. The van der Waals surface area contributed by atoms with Crippen molar-refractivity contribution in [2.75, 3.05) is 4.90 Å². The van der Waals surface area contributed by atoms with Crippen molar-refractivity contribution in [2.24, 2.45) is 5.92 Å². The molecule has 1 saturated carbocycles. The Hall–Kier alpha value is -3.49. The molecular formula is C27H23ClN4O3S. The maximum Gasteiger partial charge on any atom is 0.329 e. The number of carbonyl (C=O) groups is 2. The summed E-state index contributed by atoms with van der Waals surface area (Å²) in [5.74, 6) is 0.291. The quantitative estimate of drug-likeness (QED) is 0.354. The van der Waals surface area contributed by atoms with E-state index in [1.165, 1.54) is 16.2 Å². The lowest BCUT2D eigenvalue weighted by Gasteiger charge is -2.42. The summed E-state index contributed by atoms with van der Waals surface area (Å²) in [6.45, 7) is 0.360. The first-order valence-electron chi connectivity index (χ1n) is 11.9. The lowest BCUT2D eigenvalue weighted by molar-refractivity contribution is -0.124. The minimum absolute atomic E-state index is 0.0595. The number of hydrogen-bond acceptors (Lipinski definition) is 6. The molecule has 2 aromatic heterocycles. The fourth-order valence-electron chi connectivity index (χ4n) is 5.38. The van der Waals surface area contributed by atoms with Crippen molar-refractivity contribution in [1.29, 1.82) is 0 Å². The molecule has 0 spiro atoms. The van der Waals surface area contributed by atoms with Gasteiger partial charge in [0.25, 0.3) is 0 Å². The molecule has 2 fully saturated rings. The third-order valence-electron chi connectivity index (χ3n) is 7.07. The van der Waals surface area contributed by atoms with Crippen molar-refractivity contribution in [3.05, 3.63) is 82.0 Å².